The number of nitrogens with one attached hydrogen (secondary N) is 1. The van der Waals surface area contributed by atoms with Crippen LogP contribution in [0.1, 0.15) is 11.3 Å². The first kappa shape index (κ1) is 23.4. The van der Waals surface area contributed by atoms with Crippen LogP contribution < -0.4 is 5.32 Å². The number of ether oxygens (including phenoxy) is 1. The van der Waals surface area contributed by atoms with Gasteiger partial charge in [0, 0.05) is 29.5 Å². The Morgan fingerprint density at radius 2 is 2.12 bits per heavy atom. The van der Waals surface area contributed by atoms with Crippen molar-refractivity contribution in [3.8, 4) is 0 Å². The van der Waals surface area contributed by atoms with E-state index in [9.17, 15) is 24.5 Å². The van der Waals surface area contributed by atoms with Crippen molar-refractivity contribution in [2.24, 2.45) is 5.16 Å². The van der Waals surface area contributed by atoms with E-state index in [-0.39, 0.29) is 35.0 Å². The van der Waals surface area contributed by atoms with E-state index in [1.165, 1.54) is 65.6 Å². The lowest BCUT2D eigenvalue weighted by Crippen LogP contribution is -2.69. The fourth-order valence-corrected chi connectivity index (χ4v) is 5.00. The van der Waals surface area contributed by atoms with E-state index >= 15 is 0 Å². The normalized spacial score (nSPS) is 19.4. The number of carbonyl (C=O) groups is 3. The highest BCUT2D eigenvalue weighted by Gasteiger charge is 2.50. The molecule has 2 aliphatic rings. The maximum atomic E-state index is 12.6. The third-order valence-electron chi connectivity index (χ3n) is 4.92. The molecular formula is C20H17N5O7S2. The van der Waals surface area contributed by atoms with E-state index in [0.29, 0.717) is 16.8 Å². The molecule has 4 rings (SSSR count). The lowest BCUT2D eigenvalue weighted by atomic mass is 10.1. The van der Waals surface area contributed by atoms with Gasteiger partial charge in [-0.25, -0.2) is 9.78 Å². The van der Waals surface area contributed by atoms with Crippen molar-refractivity contribution in [3.63, 3.8) is 0 Å². The first-order valence-electron chi connectivity index (χ1n) is 9.74. The van der Waals surface area contributed by atoms with Crippen molar-refractivity contribution in [1.82, 2.24) is 15.2 Å². The largest absolute Gasteiger partial charge is 0.457 e. The van der Waals surface area contributed by atoms with Crippen molar-refractivity contribution in [2.45, 2.75) is 18.0 Å². The summed E-state index contributed by atoms with van der Waals surface area (Å²) < 4.78 is 5.27. The van der Waals surface area contributed by atoms with E-state index in [4.69, 9.17) is 9.57 Å². The van der Waals surface area contributed by atoms with Gasteiger partial charge in [0.05, 0.1) is 16.0 Å². The Labute approximate surface area is 200 Å². The van der Waals surface area contributed by atoms with Gasteiger partial charge in [-0.15, -0.1) is 23.1 Å². The Morgan fingerprint density at radius 3 is 2.76 bits per heavy atom. The number of fused-ring (bicyclic) bond motifs is 1. The number of nitrogens with zero attached hydrogens (tertiary/aromatic N) is 4. The molecule has 1 saturated heterocycles. The molecule has 0 aliphatic carbocycles. The van der Waals surface area contributed by atoms with Gasteiger partial charge >= 0.3 is 5.97 Å². The molecule has 0 saturated carbocycles. The topological polar surface area (TPSA) is 153 Å². The van der Waals surface area contributed by atoms with Crippen LogP contribution in [0, 0.1) is 10.1 Å². The number of thiazole rings is 1. The maximum Gasteiger partial charge on any atom is 0.336 e. The van der Waals surface area contributed by atoms with Gasteiger partial charge in [0.2, 0.25) is 0 Å². The zero-order chi connectivity index (χ0) is 24.2. The molecule has 1 aromatic heterocycles. The second-order valence-electron chi connectivity index (χ2n) is 7.05. The molecule has 2 aliphatic heterocycles. The van der Waals surface area contributed by atoms with Crippen molar-refractivity contribution < 1.29 is 28.9 Å². The number of carbonyl (C=O) groups excluding carboxylic acids is 3. The first-order chi connectivity index (χ1) is 16.4. The second kappa shape index (κ2) is 10.0. The third-order valence-corrected chi connectivity index (χ3v) is 6.83. The number of esters is 1. The molecule has 176 valence electrons. The van der Waals surface area contributed by atoms with Crippen molar-refractivity contribution in [2.75, 3.05) is 12.9 Å². The van der Waals surface area contributed by atoms with Gasteiger partial charge in [-0.2, -0.15) is 0 Å². The Balaban J connectivity index is 1.34. The van der Waals surface area contributed by atoms with Gasteiger partial charge in [0.25, 0.3) is 17.5 Å². The number of benzene rings is 1. The van der Waals surface area contributed by atoms with Crippen LogP contribution >= 0.6 is 23.1 Å². The molecule has 1 N–H and O–H groups in total. The van der Waals surface area contributed by atoms with Gasteiger partial charge in [-0.1, -0.05) is 5.16 Å². The van der Waals surface area contributed by atoms with Crippen LogP contribution in [0.2, 0.25) is 0 Å². The highest BCUT2D eigenvalue weighted by Crippen LogP contribution is 2.36. The summed E-state index contributed by atoms with van der Waals surface area (Å²) in [5.41, 5.74) is 2.68. The minimum Gasteiger partial charge on any atom is -0.457 e. The van der Waals surface area contributed by atoms with E-state index in [1.807, 2.05) is 0 Å². The average molecular weight is 504 g/mol. The number of hydrogen-bond acceptors (Lipinski definition) is 11. The molecule has 1 fully saturated rings. The molecular weight excluding hydrogens is 486 g/mol. The SMILES string of the molecule is CON=C(C(=O)NC1C(=O)N2C=C(C(=O)OCc3ccc([N+](=O)[O-])cc3)CS[C@H]12)c1cscn1. The summed E-state index contributed by atoms with van der Waals surface area (Å²) >= 11 is 2.60. The lowest BCUT2D eigenvalue weighted by molar-refractivity contribution is -0.384. The number of nitro benzene ring substituents is 1. The predicted molar refractivity (Wildman–Crippen MR) is 122 cm³/mol. The average Bonchev–Trinajstić information content (AvgIpc) is 3.38. The molecule has 2 atom stereocenters. The quantitative estimate of drug-likeness (QED) is 0.185. The van der Waals surface area contributed by atoms with E-state index in [2.05, 4.69) is 15.5 Å². The van der Waals surface area contributed by atoms with E-state index < -0.39 is 22.8 Å². The van der Waals surface area contributed by atoms with Crippen molar-refractivity contribution in [1.29, 1.82) is 0 Å². The minimum absolute atomic E-state index is 0.0399. The number of hydrogen-bond donors (Lipinski definition) is 1. The molecule has 0 bridgehead atoms. The second-order valence-corrected chi connectivity index (χ2v) is 8.87. The molecule has 0 radical (unpaired) electrons. The fraction of sp³-hybridized carbons (Fsp3) is 0.250. The number of rotatable bonds is 8. The number of nitro groups is 1. The van der Waals surface area contributed by atoms with Crippen LogP contribution in [0.4, 0.5) is 5.69 Å². The molecule has 1 aromatic carbocycles. The monoisotopic (exact) mass is 503 g/mol. The minimum atomic E-state index is -0.785. The maximum absolute atomic E-state index is 12.6. The van der Waals surface area contributed by atoms with Crippen molar-refractivity contribution >= 4 is 52.3 Å². The molecule has 1 unspecified atom stereocenters. The zero-order valence-corrected chi connectivity index (χ0v) is 19.2. The summed E-state index contributed by atoms with van der Waals surface area (Å²) in [4.78, 5) is 58.0. The summed E-state index contributed by atoms with van der Waals surface area (Å²) in [5.74, 6) is -1.28. The first-order valence-corrected chi connectivity index (χ1v) is 11.7. The third kappa shape index (κ3) is 4.77. The Bertz CT molecular complexity index is 1180. The number of non-ortho nitro benzene ring substituents is 1. The lowest BCUT2D eigenvalue weighted by Gasteiger charge is -2.47. The van der Waals surface area contributed by atoms with Gasteiger partial charge in [-0.05, 0) is 17.7 Å². The summed E-state index contributed by atoms with van der Waals surface area (Å²) in [7, 11) is 1.31. The summed E-state index contributed by atoms with van der Waals surface area (Å²) in [5, 5.41) is 18.3. The van der Waals surface area contributed by atoms with E-state index in [0.717, 1.165) is 0 Å². The van der Waals surface area contributed by atoms with Crippen LogP contribution in [-0.2, 0) is 30.6 Å². The number of amides is 2. The molecule has 12 nitrogen and oxygen atoms in total. The molecule has 2 aromatic rings. The fourth-order valence-electron chi connectivity index (χ4n) is 3.22. The molecule has 0 spiro atoms. The summed E-state index contributed by atoms with van der Waals surface area (Å²) in [6.45, 7) is -0.0624. The standard InChI is InChI=1S/C20H17N5O7S2/c1-31-23-15(14-9-33-10-21-14)17(26)22-16-18(27)24-6-12(8-34-19(16)24)20(28)32-7-11-2-4-13(5-3-11)25(29)30/h2-6,9-10,16,19H,7-8H2,1H3,(H,22,26)/t16?,19-/m1/s1. The summed E-state index contributed by atoms with van der Waals surface area (Å²) in [6.07, 6.45) is 1.43. The Hall–Kier alpha value is -3.78. The zero-order valence-electron chi connectivity index (χ0n) is 17.6. The molecule has 2 amide bonds. The van der Waals surface area contributed by atoms with Crippen molar-refractivity contribution in [3.05, 3.63) is 68.3 Å². The molecule has 34 heavy (non-hydrogen) atoms. The number of oxime groups is 1. The Kier molecular flexibility index (Phi) is 6.88. The molecule has 3 heterocycles. The van der Waals surface area contributed by atoms with Gasteiger partial charge in [0.15, 0.2) is 5.71 Å². The van der Waals surface area contributed by atoms with E-state index in [1.54, 1.807) is 10.9 Å². The number of aromatic nitrogens is 1. The van der Waals surface area contributed by atoms with Gasteiger partial charge < -0.3 is 19.8 Å². The highest BCUT2D eigenvalue weighted by molar-refractivity contribution is 8.00. The number of β-lactam (4-membered cyclic amide) rings is 1. The van der Waals surface area contributed by atoms with Crippen LogP contribution in [-0.4, -0.2) is 62.6 Å². The molecule has 14 heteroatoms. The van der Waals surface area contributed by atoms with Crippen LogP contribution in [0.3, 0.4) is 0 Å². The highest BCUT2D eigenvalue weighted by atomic mass is 32.2. The Morgan fingerprint density at radius 1 is 1.35 bits per heavy atom. The van der Waals surface area contributed by atoms with Gasteiger partial charge in [0.1, 0.15) is 30.8 Å². The number of thioether (sulfide) groups is 1. The summed E-state index contributed by atoms with van der Waals surface area (Å²) in [6, 6.07) is 4.88. The van der Waals surface area contributed by atoms with Crippen LogP contribution in [0.25, 0.3) is 0 Å². The predicted octanol–water partition coefficient (Wildman–Crippen LogP) is 1.43. The smallest absolute Gasteiger partial charge is 0.336 e. The van der Waals surface area contributed by atoms with Crippen LogP contribution in [0.5, 0.6) is 0 Å². The van der Waals surface area contributed by atoms with Gasteiger partial charge in [-0.3, -0.25) is 19.7 Å². The van der Waals surface area contributed by atoms with Crippen LogP contribution in [0.15, 0.2) is 52.1 Å².